The monoisotopic (exact) mass is 903 g/mol. The Labute approximate surface area is 368 Å². The van der Waals surface area contributed by atoms with E-state index in [4.69, 9.17) is 22.3 Å². The van der Waals surface area contributed by atoms with Crippen LogP contribution in [0.15, 0.2) is 30.5 Å². The molecule has 0 saturated heterocycles. The van der Waals surface area contributed by atoms with E-state index in [9.17, 15) is 58.2 Å². The first-order valence-electron chi connectivity index (χ1n) is 20.6. The number of carbonyl (C=O) groups excluding carboxylic acids is 8. The Morgan fingerprint density at radius 1 is 0.672 bits per heavy atom. The van der Waals surface area contributed by atoms with Gasteiger partial charge >= 0.3 is 11.9 Å². The lowest BCUT2D eigenvalue weighted by molar-refractivity contribution is -0.140. The second-order valence-corrected chi connectivity index (χ2v) is 15.5. The largest absolute Gasteiger partial charge is 0.481 e. The Kier molecular flexibility index (Phi) is 21.8. The van der Waals surface area contributed by atoms with Crippen molar-refractivity contribution in [3.63, 3.8) is 0 Å². The molecule has 8 atom stereocenters. The molecule has 24 heteroatoms. The molecule has 2 rings (SSSR count). The zero-order valence-corrected chi connectivity index (χ0v) is 36.1. The summed E-state index contributed by atoms with van der Waals surface area (Å²) in [5, 5.41) is 45.3. The van der Waals surface area contributed by atoms with Crippen LogP contribution in [0.4, 0.5) is 0 Å². The number of aliphatic hydroxyl groups is 1. The van der Waals surface area contributed by atoms with Crippen LogP contribution in [0.3, 0.4) is 0 Å². The van der Waals surface area contributed by atoms with Crippen molar-refractivity contribution in [2.45, 2.75) is 121 Å². The van der Waals surface area contributed by atoms with Gasteiger partial charge in [-0.3, -0.25) is 47.9 Å². The van der Waals surface area contributed by atoms with Gasteiger partial charge in [-0.05, 0) is 57.2 Å². The van der Waals surface area contributed by atoms with Gasteiger partial charge in [-0.1, -0.05) is 38.5 Å². The summed E-state index contributed by atoms with van der Waals surface area (Å²) in [6.07, 6.45) is -0.567. The average Bonchev–Trinajstić information content (AvgIpc) is 3.63. The summed E-state index contributed by atoms with van der Waals surface area (Å²) in [7, 11) is 0. The van der Waals surface area contributed by atoms with E-state index in [0.717, 1.165) is 13.8 Å². The number of aromatic amines is 1. The number of para-hydroxylation sites is 1. The van der Waals surface area contributed by atoms with E-state index in [0.29, 0.717) is 42.3 Å². The van der Waals surface area contributed by atoms with Crippen molar-refractivity contribution in [2.24, 2.45) is 23.1 Å². The van der Waals surface area contributed by atoms with Crippen LogP contribution >= 0.6 is 0 Å². The predicted molar refractivity (Wildman–Crippen MR) is 228 cm³/mol. The topological polar surface area (TPSA) is 409 Å². The standard InChI is InChI=1S/C40H61N11O13/c1-19(2)32(50-35(59)24(42)10-7-8-14-41)40(64)49-27(15-22-17-44-25-11-6-5-9-23(22)25)38(62)48-28(16-29(43)53)37(61)46-20(3)34(58)47-26(12-13-30(54)55)36(60)51-33(21(4)52)39(63)45-18-31(56)57/h5-6,9,11,17,19-21,24,26-28,32-33,44,52H,7-8,10,12-16,18,41-42H2,1-4H3,(H2,43,53)(H,45,63)(H,46,61)(H,47,58)(H,48,62)(H,49,64)(H,50,59)(H,51,60)(H,54,55)(H,56,57)/t20-,21+,24-,26-,27-,28-,32-,33-/m0/s1. The van der Waals surface area contributed by atoms with Crippen molar-refractivity contribution in [1.82, 2.24) is 42.2 Å². The summed E-state index contributed by atoms with van der Waals surface area (Å²) < 4.78 is 0. The van der Waals surface area contributed by atoms with Crippen LogP contribution in [0.1, 0.15) is 71.8 Å². The van der Waals surface area contributed by atoms with Crippen LogP contribution < -0.4 is 54.4 Å². The first kappa shape index (κ1) is 53.5. The van der Waals surface area contributed by atoms with Crippen molar-refractivity contribution in [2.75, 3.05) is 13.1 Å². The van der Waals surface area contributed by atoms with E-state index in [1.807, 2.05) is 5.32 Å². The summed E-state index contributed by atoms with van der Waals surface area (Å²) in [6, 6.07) is -3.10. The predicted octanol–water partition coefficient (Wildman–Crippen LogP) is -3.93. The highest BCUT2D eigenvalue weighted by molar-refractivity contribution is 5.99. The lowest BCUT2D eigenvalue weighted by Gasteiger charge is -2.28. The maximum atomic E-state index is 14.1. The molecule has 8 amide bonds. The lowest BCUT2D eigenvalue weighted by Crippen LogP contribution is -2.61. The number of hydrogen-bond acceptors (Lipinski definition) is 13. The molecule has 0 saturated carbocycles. The third-order valence-corrected chi connectivity index (χ3v) is 9.83. The zero-order valence-electron chi connectivity index (χ0n) is 36.1. The molecule has 0 bridgehead atoms. The summed E-state index contributed by atoms with van der Waals surface area (Å²) >= 11 is 0. The van der Waals surface area contributed by atoms with Gasteiger partial charge in [0.05, 0.1) is 18.6 Å². The number of aromatic nitrogens is 1. The highest BCUT2D eigenvalue weighted by Crippen LogP contribution is 2.20. The molecule has 0 fully saturated rings. The van der Waals surface area contributed by atoms with Crippen molar-refractivity contribution < 1.29 is 63.3 Å². The van der Waals surface area contributed by atoms with Gasteiger partial charge in [-0.15, -0.1) is 0 Å². The first-order chi connectivity index (χ1) is 30.0. The summed E-state index contributed by atoms with van der Waals surface area (Å²) in [6.45, 7) is 5.16. The van der Waals surface area contributed by atoms with Gasteiger partial charge in [-0.25, -0.2) is 0 Å². The molecule has 0 unspecified atom stereocenters. The average molecular weight is 904 g/mol. The number of unbranched alkanes of at least 4 members (excludes halogenated alkanes) is 1. The molecule has 0 aliphatic rings. The van der Waals surface area contributed by atoms with E-state index in [1.54, 1.807) is 44.3 Å². The van der Waals surface area contributed by atoms with Crippen LogP contribution in [0.25, 0.3) is 10.9 Å². The van der Waals surface area contributed by atoms with E-state index in [-0.39, 0.29) is 6.42 Å². The third-order valence-electron chi connectivity index (χ3n) is 9.83. The molecular formula is C40H61N11O13. The fraction of sp³-hybridized carbons (Fsp3) is 0.550. The number of H-pyrrole nitrogens is 1. The molecule has 0 aliphatic heterocycles. The van der Waals surface area contributed by atoms with Gasteiger partial charge in [-0.2, -0.15) is 0 Å². The molecule has 1 aromatic heterocycles. The lowest BCUT2D eigenvalue weighted by atomic mass is 9.99. The van der Waals surface area contributed by atoms with Crippen molar-refractivity contribution in [3.05, 3.63) is 36.0 Å². The number of aliphatic carboxylic acids is 2. The van der Waals surface area contributed by atoms with E-state index in [1.165, 1.54) is 0 Å². The van der Waals surface area contributed by atoms with Crippen LogP contribution in [0.5, 0.6) is 0 Å². The van der Waals surface area contributed by atoms with Gasteiger partial charge in [0.15, 0.2) is 0 Å². The number of rotatable bonds is 28. The summed E-state index contributed by atoms with van der Waals surface area (Å²) in [5.41, 5.74) is 18.3. The molecule has 17 N–H and O–H groups in total. The smallest absolute Gasteiger partial charge is 0.322 e. The molecule has 24 nitrogen and oxygen atoms in total. The number of carboxylic acid groups (broad SMARTS) is 2. The van der Waals surface area contributed by atoms with Crippen molar-refractivity contribution >= 4 is 70.1 Å². The normalized spacial score (nSPS) is 14.9. The van der Waals surface area contributed by atoms with Crippen LogP contribution in [0, 0.1) is 5.92 Å². The maximum Gasteiger partial charge on any atom is 0.322 e. The number of primary amides is 1. The van der Waals surface area contributed by atoms with Crippen LogP contribution in [-0.4, -0.2) is 141 Å². The Morgan fingerprint density at radius 2 is 1.27 bits per heavy atom. The molecule has 0 radical (unpaired) electrons. The second-order valence-electron chi connectivity index (χ2n) is 15.5. The minimum Gasteiger partial charge on any atom is -0.481 e. The van der Waals surface area contributed by atoms with E-state index in [2.05, 4.69) is 36.9 Å². The molecular weight excluding hydrogens is 843 g/mol. The Bertz CT molecular complexity index is 1990. The number of carbonyl (C=O) groups is 10. The number of fused-ring (bicyclic) bond motifs is 1. The van der Waals surface area contributed by atoms with E-state index >= 15 is 0 Å². The zero-order chi connectivity index (χ0) is 48.3. The highest BCUT2D eigenvalue weighted by Gasteiger charge is 2.35. The Balaban J connectivity index is 2.35. The van der Waals surface area contributed by atoms with Gasteiger partial charge in [0.1, 0.15) is 42.8 Å². The third kappa shape index (κ3) is 17.6. The molecule has 64 heavy (non-hydrogen) atoms. The maximum absolute atomic E-state index is 14.1. The number of nitrogens with one attached hydrogen (secondary N) is 8. The molecule has 2 aromatic rings. The Morgan fingerprint density at radius 3 is 1.86 bits per heavy atom. The highest BCUT2D eigenvalue weighted by atomic mass is 16.4. The summed E-state index contributed by atoms with van der Waals surface area (Å²) in [5.74, 6) is -11.1. The molecule has 0 aliphatic carbocycles. The molecule has 1 heterocycles. The number of hydrogen-bond donors (Lipinski definition) is 14. The number of carboxylic acids is 2. The fourth-order valence-corrected chi connectivity index (χ4v) is 6.25. The quantitative estimate of drug-likeness (QED) is 0.0363. The first-order valence-corrected chi connectivity index (χ1v) is 20.6. The van der Waals surface area contributed by atoms with Gasteiger partial charge < -0.3 is 74.7 Å². The molecule has 0 spiro atoms. The van der Waals surface area contributed by atoms with Crippen LogP contribution in [0.2, 0.25) is 0 Å². The number of amides is 8. The minimum absolute atomic E-state index is 0.153. The second kappa shape index (κ2) is 26.1. The summed E-state index contributed by atoms with van der Waals surface area (Å²) in [4.78, 5) is 131. The van der Waals surface area contributed by atoms with Gasteiger partial charge in [0.25, 0.3) is 0 Å². The minimum atomic E-state index is -1.74. The van der Waals surface area contributed by atoms with Crippen molar-refractivity contribution in [1.29, 1.82) is 0 Å². The Hall–Kier alpha value is -6.66. The van der Waals surface area contributed by atoms with Crippen molar-refractivity contribution in [3.8, 4) is 0 Å². The molecule has 354 valence electrons. The van der Waals surface area contributed by atoms with Crippen LogP contribution in [-0.2, 0) is 54.4 Å². The van der Waals surface area contributed by atoms with E-state index < -0.39 is 139 Å². The molecule has 1 aromatic carbocycles. The SMILES string of the molecule is CC(C)[C@H](NC(=O)[C@@H](N)CCCCN)C(=O)N[C@@H](Cc1c[nH]c2ccccc12)C(=O)N[C@@H](CC(N)=O)C(=O)N[C@@H](C)C(=O)N[C@@H](CCC(=O)O)C(=O)N[C@H](C(=O)NCC(=O)O)[C@@H](C)O. The number of benzene rings is 1. The number of nitrogens with two attached hydrogens (primary N) is 3. The fourth-order valence-electron chi connectivity index (χ4n) is 6.25. The van der Waals surface area contributed by atoms with Gasteiger partial charge in [0.2, 0.25) is 47.3 Å². The number of aliphatic hydroxyl groups excluding tert-OH is 1. The van der Waals surface area contributed by atoms with Gasteiger partial charge in [0, 0.05) is 29.9 Å².